The van der Waals surface area contributed by atoms with E-state index in [2.05, 4.69) is 32.0 Å². The van der Waals surface area contributed by atoms with Crippen LogP contribution in [-0.2, 0) is 11.3 Å². The molecule has 0 saturated carbocycles. The lowest BCUT2D eigenvalue weighted by molar-refractivity contribution is -0.118. The first kappa shape index (κ1) is 21.4. The Bertz CT molecular complexity index is 1150. The standard InChI is InChI=1S/C24H27N5O4/c1-31-22-7-5-17-23(29-22)18(8-9-25-17)28-24(30)19-4-3-16(14-27-19)26-13-15-2-6-20-21(12-15)33-11-10-32-20/h2,5-9,12,16,19,26-27H,3-4,10-11,13-14H2,1H3,(H,25,28,30)/t16-,19+/m0/s1. The number of nitrogens with one attached hydrogen (secondary N) is 3. The lowest BCUT2D eigenvalue weighted by Crippen LogP contribution is -2.51. The number of amides is 1. The Balaban J connectivity index is 1.14. The van der Waals surface area contributed by atoms with Gasteiger partial charge in [0.05, 0.1) is 24.4 Å². The highest BCUT2D eigenvalue weighted by Gasteiger charge is 2.26. The normalized spacial score (nSPS) is 19.8. The number of nitrogens with zero attached hydrogens (tertiary/aromatic N) is 2. The molecule has 33 heavy (non-hydrogen) atoms. The van der Waals surface area contributed by atoms with Crippen LogP contribution in [0.4, 0.5) is 5.69 Å². The molecule has 1 fully saturated rings. The monoisotopic (exact) mass is 449 g/mol. The number of hydrogen-bond donors (Lipinski definition) is 3. The number of piperidine rings is 1. The zero-order valence-corrected chi connectivity index (χ0v) is 18.5. The van der Waals surface area contributed by atoms with Crippen molar-refractivity contribution in [2.24, 2.45) is 0 Å². The number of hydrogen-bond acceptors (Lipinski definition) is 8. The smallest absolute Gasteiger partial charge is 0.241 e. The van der Waals surface area contributed by atoms with Gasteiger partial charge in [0.15, 0.2) is 11.5 Å². The fraction of sp³-hybridized carbons (Fsp3) is 0.375. The molecular formula is C24H27N5O4. The van der Waals surface area contributed by atoms with Gasteiger partial charge in [0, 0.05) is 31.4 Å². The van der Waals surface area contributed by atoms with Crippen molar-refractivity contribution in [1.29, 1.82) is 0 Å². The quantitative estimate of drug-likeness (QED) is 0.526. The van der Waals surface area contributed by atoms with Crippen molar-refractivity contribution in [2.75, 3.05) is 32.2 Å². The second kappa shape index (κ2) is 9.60. The van der Waals surface area contributed by atoms with Gasteiger partial charge in [0.2, 0.25) is 11.8 Å². The third-order valence-electron chi connectivity index (χ3n) is 5.96. The van der Waals surface area contributed by atoms with Crippen molar-refractivity contribution in [3.8, 4) is 17.4 Å². The van der Waals surface area contributed by atoms with Crippen LogP contribution in [-0.4, -0.2) is 54.8 Å². The van der Waals surface area contributed by atoms with Crippen LogP contribution in [0.3, 0.4) is 0 Å². The van der Waals surface area contributed by atoms with E-state index in [-0.39, 0.29) is 18.0 Å². The maximum absolute atomic E-state index is 12.9. The molecule has 3 N–H and O–H groups in total. The number of carbonyl (C=O) groups excluding carboxylic acids is 1. The van der Waals surface area contributed by atoms with Gasteiger partial charge in [0.25, 0.3) is 0 Å². The van der Waals surface area contributed by atoms with Crippen LogP contribution in [0.1, 0.15) is 18.4 Å². The minimum Gasteiger partial charge on any atom is -0.486 e. The summed E-state index contributed by atoms with van der Waals surface area (Å²) in [5, 5.41) is 9.94. The summed E-state index contributed by atoms with van der Waals surface area (Å²) < 4.78 is 16.4. The second-order valence-corrected chi connectivity index (χ2v) is 8.16. The molecule has 4 heterocycles. The first-order valence-corrected chi connectivity index (χ1v) is 11.2. The third kappa shape index (κ3) is 4.84. The minimum absolute atomic E-state index is 0.0718. The number of benzene rings is 1. The molecule has 1 aromatic carbocycles. The highest BCUT2D eigenvalue weighted by atomic mass is 16.6. The molecule has 9 nitrogen and oxygen atoms in total. The van der Waals surface area contributed by atoms with Crippen molar-refractivity contribution in [3.63, 3.8) is 0 Å². The van der Waals surface area contributed by atoms with Crippen molar-refractivity contribution >= 4 is 22.6 Å². The number of anilines is 1. The molecular weight excluding hydrogens is 422 g/mol. The predicted octanol–water partition coefficient (Wildman–Crippen LogP) is 2.26. The molecule has 0 radical (unpaired) electrons. The molecule has 1 amide bonds. The Morgan fingerprint density at radius 3 is 2.85 bits per heavy atom. The zero-order valence-electron chi connectivity index (χ0n) is 18.5. The summed E-state index contributed by atoms with van der Waals surface area (Å²) in [5.74, 6) is 2.01. The average molecular weight is 450 g/mol. The molecule has 5 rings (SSSR count). The summed E-state index contributed by atoms with van der Waals surface area (Å²) in [6.45, 7) is 2.62. The molecule has 0 spiro atoms. The van der Waals surface area contributed by atoms with E-state index in [9.17, 15) is 4.79 Å². The average Bonchev–Trinajstić information content (AvgIpc) is 2.87. The van der Waals surface area contributed by atoms with E-state index in [0.29, 0.717) is 42.4 Å². The SMILES string of the molecule is COc1ccc2nccc(NC(=O)[C@H]3CC[C@H](NCc4ccc5c(c4)OCCO5)CN3)c2n1. The van der Waals surface area contributed by atoms with E-state index in [4.69, 9.17) is 14.2 Å². The van der Waals surface area contributed by atoms with E-state index in [1.54, 1.807) is 25.4 Å². The van der Waals surface area contributed by atoms with Gasteiger partial charge in [-0.05, 0) is 42.7 Å². The van der Waals surface area contributed by atoms with E-state index < -0.39 is 0 Å². The summed E-state index contributed by atoms with van der Waals surface area (Å²) in [5.41, 5.74) is 3.09. The van der Waals surface area contributed by atoms with E-state index in [1.807, 2.05) is 18.2 Å². The van der Waals surface area contributed by atoms with Crippen LogP contribution in [0.25, 0.3) is 11.0 Å². The molecule has 2 atom stereocenters. The lowest BCUT2D eigenvalue weighted by atomic mass is 9.99. The molecule has 0 unspecified atom stereocenters. The van der Waals surface area contributed by atoms with Gasteiger partial charge < -0.3 is 30.2 Å². The highest BCUT2D eigenvalue weighted by molar-refractivity contribution is 6.01. The molecule has 172 valence electrons. The van der Waals surface area contributed by atoms with Crippen molar-refractivity contribution in [2.45, 2.75) is 31.5 Å². The number of carbonyl (C=O) groups is 1. The Labute approximate surface area is 191 Å². The van der Waals surface area contributed by atoms with Crippen LogP contribution in [0, 0.1) is 0 Å². The van der Waals surface area contributed by atoms with Crippen molar-refractivity contribution in [3.05, 3.63) is 48.2 Å². The Kier molecular flexibility index (Phi) is 6.23. The number of ether oxygens (including phenoxy) is 3. The number of aromatic nitrogens is 2. The number of rotatable bonds is 6. The van der Waals surface area contributed by atoms with Crippen LogP contribution >= 0.6 is 0 Å². The molecule has 3 aromatic rings. The minimum atomic E-state index is -0.258. The fourth-order valence-corrected chi connectivity index (χ4v) is 4.16. The molecule has 2 aliphatic rings. The van der Waals surface area contributed by atoms with Crippen LogP contribution in [0.2, 0.25) is 0 Å². The second-order valence-electron chi connectivity index (χ2n) is 8.16. The van der Waals surface area contributed by atoms with Gasteiger partial charge in [-0.2, -0.15) is 0 Å². The summed E-state index contributed by atoms with van der Waals surface area (Å²) in [6, 6.07) is 11.4. The molecule has 0 aliphatic carbocycles. The molecule has 9 heteroatoms. The molecule has 2 aliphatic heterocycles. The predicted molar refractivity (Wildman–Crippen MR) is 124 cm³/mol. The first-order chi connectivity index (χ1) is 16.2. The largest absolute Gasteiger partial charge is 0.486 e. The number of pyridine rings is 2. The summed E-state index contributed by atoms with van der Waals surface area (Å²) in [4.78, 5) is 21.6. The summed E-state index contributed by atoms with van der Waals surface area (Å²) >= 11 is 0. The van der Waals surface area contributed by atoms with Crippen LogP contribution < -0.4 is 30.2 Å². The molecule has 2 aromatic heterocycles. The molecule has 1 saturated heterocycles. The lowest BCUT2D eigenvalue weighted by Gasteiger charge is -2.30. The van der Waals surface area contributed by atoms with Gasteiger partial charge >= 0.3 is 0 Å². The topological polar surface area (TPSA) is 107 Å². The van der Waals surface area contributed by atoms with Crippen LogP contribution in [0.5, 0.6) is 17.4 Å². The first-order valence-electron chi connectivity index (χ1n) is 11.2. The molecule has 0 bridgehead atoms. The van der Waals surface area contributed by atoms with Crippen LogP contribution in [0.15, 0.2) is 42.6 Å². The fourth-order valence-electron chi connectivity index (χ4n) is 4.16. The maximum Gasteiger partial charge on any atom is 0.241 e. The maximum atomic E-state index is 12.9. The van der Waals surface area contributed by atoms with Gasteiger partial charge in [-0.15, -0.1) is 0 Å². The van der Waals surface area contributed by atoms with E-state index >= 15 is 0 Å². The van der Waals surface area contributed by atoms with E-state index in [1.165, 1.54) is 0 Å². The van der Waals surface area contributed by atoms with Gasteiger partial charge in [-0.1, -0.05) is 6.07 Å². The van der Waals surface area contributed by atoms with Gasteiger partial charge in [0.1, 0.15) is 18.7 Å². The van der Waals surface area contributed by atoms with E-state index in [0.717, 1.165) is 36.4 Å². The number of methoxy groups -OCH3 is 1. The zero-order chi connectivity index (χ0) is 22.6. The number of fused-ring (bicyclic) bond motifs is 2. The van der Waals surface area contributed by atoms with Gasteiger partial charge in [-0.25, -0.2) is 4.98 Å². The van der Waals surface area contributed by atoms with Crippen molar-refractivity contribution in [1.82, 2.24) is 20.6 Å². The summed E-state index contributed by atoms with van der Waals surface area (Å²) in [6.07, 6.45) is 3.31. The Morgan fingerprint density at radius 1 is 1.15 bits per heavy atom. The third-order valence-corrected chi connectivity index (χ3v) is 5.96. The van der Waals surface area contributed by atoms with Gasteiger partial charge in [-0.3, -0.25) is 9.78 Å². The Morgan fingerprint density at radius 2 is 2.03 bits per heavy atom. The summed E-state index contributed by atoms with van der Waals surface area (Å²) in [7, 11) is 1.56. The Hall–Kier alpha value is -3.43. The van der Waals surface area contributed by atoms with Crippen molar-refractivity contribution < 1.29 is 19.0 Å². The highest BCUT2D eigenvalue weighted by Crippen LogP contribution is 2.30.